The van der Waals surface area contributed by atoms with Crippen LogP contribution in [0.15, 0.2) is 24.3 Å². The third-order valence-corrected chi connectivity index (χ3v) is 2.62. The molecule has 3 N–H and O–H groups in total. The zero-order valence-corrected chi connectivity index (χ0v) is 11.3. The van der Waals surface area contributed by atoms with E-state index in [4.69, 9.17) is 14.9 Å². The Morgan fingerprint density at radius 1 is 1.30 bits per heavy atom. The van der Waals surface area contributed by atoms with Crippen molar-refractivity contribution >= 4 is 11.9 Å². The highest BCUT2D eigenvalue weighted by Crippen LogP contribution is 2.12. The summed E-state index contributed by atoms with van der Waals surface area (Å²) < 4.78 is 5.46. The van der Waals surface area contributed by atoms with Gasteiger partial charge in [-0.15, -0.1) is 0 Å². The quantitative estimate of drug-likeness (QED) is 0.619. The lowest BCUT2D eigenvalue weighted by molar-refractivity contribution is -0.146. The van der Waals surface area contributed by atoms with E-state index < -0.39 is 18.0 Å². The molecule has 6 nitrogen and oxygen atoms in total. The van der Waals surface area contributed by atoms with Crippen molar-refractivity contribution in [3.05, 3.63) is 29.8 Å². The minimum Gasteiger partial charge on any atom is -0.494 e. The summed E-state index contributed by atoms with van der Waals surface area (Å²) in [7, 11) is 0. The molecular formula is C14H19NO5. The largest absolute Gasteiger partial charge is 0.494 e. The molecule has 0 aliphatic rings. The topological polar surface area (TPSA) is 95.9 Å². The molecule has 1 aromatic rings. The van der Waals surface area contributed by atoms with Crippen molar-refractivity contribution in [1.29, 1.82) is 0 Å². The third kappa shape index (κ3) is 5.27. The van der Waals surface area contributed by atoms with Crippen molar-refractivity contribution in [3.63, 3.8) is 0 Å². The average Bonchev–Trinajstić information content (AvgIpc) is 2.45. The van der Waals surface area contributed by atoms with E-state index in [-0.39, 0.29) is 6.54 Å². The molecule has 1 atom stereocenters. The standard InChI is InChI=1S/C14H19NO5/c1-2-3-8-20-11-6-4-10(5-7-11)13(17)15-9-12(16)14(18)19/h4-7,12,16H,2-3,8-9H2,1H3,(H,15,17)(H,18,19). The van der Waals surface area contributed by atoms with E-state index in [1.165, 1.54) is 0 Å². The summed E-state index contributed by atoms with van der Waals surface area (Å²) in [6.07, 6.45) is 0.414. The van der Waals surface area contributed by atoms with Crippen LogP contribution in [0.4, 0.5) is 0 Å². The van der Waals surface area contributed by atoms with Crippen molar-refractivity contribution < 1.29 is 24.5 Å². The fourth-order valence-electron chi connectivity index (χ4n) is 1.42. The van der Waals surface area contributed by atoms with Gasteiger partial charge in [0.05, 0.1) is 13.2 Å². The molecule has 0 aliphatic carbocycles. The van der Waals surface area contributed by atoms with Crippen LogP contribution in [0.5, 0.6) is 5.75 Å². The lowest BCUT2D eigenvalue weighted by Crippen LogP contribution is -2.36. The van der Waals surface area contributed by atoms with Crippen LogP contribution in [-0.2, 0) is 4.79 Å². The number of carboxylic acids is 1. The number of aliphatic hydroxyl groups excluding tert-OH is 1. The number of aliphatic carboxylic acids is 1. The van der Waals surface area contributed by atoms with Gasteiger partial charge < -0.3 is 20.3 Å². The number of ether oxygens (including phenoxy) is 1. The molecule has 0 bridgehead atoms. The second-order valence-electron chi connectivity index (χ2n) is 4.29. The lowest BCUT2D eigenvalue weighted by atomic mass is 10.2. The van der Waals surface area contributed by atoms with Crippen molar-refractivity contribution in [1.82, 2.24) is 5.32 Å². The number of carbonyl (C=O) groups is 2. The molecular weight excluding hydrogens is 262 g/mol. The molecule has 0 spiro atoms. The number of benzene rings is 1. The number of hydrogen-bond donors (Lipinski definition) is 3. The SMILES string of the molecule is CCCCOc1ccc(C(=O)NCC(O)C(=O)O)cc1. The van der Waals surface area contributed by atoms with Gasteiger partial charge in [0, 0.05) is 5.56 Å². The van der Waals surface area contributed by atoms with Crippen LogP contribution in [0.1, 0.15) is 30.1 Å². The number of carbonyl (C=O) groups excluding carboxylic acids is 1. The third-order valence-electron chi connectivity index (χ3n) is 2.62. The predicted octanol–water partition coefficient (Wildman–Crippen LogP) is 1.04. The number of amides is 1. The van der Waals surface area contributed by atoms with Crippen molar-refractivity contribution in [2.75, 3.05) is 13.2 Å². The Morgan fingerprint density at radius 2 is 1.95 bits per heavy atom. The van der Waals surface area contributed by atoms with Crippen LogP contribution in [-0.4, -0.2) is 41.3 Å². The Balaban J connectivity index is 2.46. The number of carboxylic acid groups (broad SMARTS) is 1. The second kappa shape index (κ2) is 8.16. The predicted molar refractivity (Wildman–Crippen MR) is 72.8 cm³/mol. The Labute approximate surface area is 117 Å². The fourth-order valence-corrected chi connectivity index (χ4v) is 1.42. The lowest BCUT2D eigenvalue weighted by Gasteiger charge is -2.09. The van der Waals surface area contributed by atoms with Gasteiger partial charge in [-0.1, -0.05) is 13.3 Å². The minimum absolute atomic E-state index is 0.330. The van der Waals surface area contributed by atoms with Crippen LogP contribution in [0, 0.1) is 0 Å². The molecule has 0 aromatic heterocycles. The van der Waals surface area contributed by atoms with Crippen LogP contribution >= 0.6 is 0 Å². The number of rotatable bonds is 8. The highest BCUT2D eigenvalue weighted by Gasteiger charge is 2.14. The van der Waals surface area contributed by atoms with E-state index >= 15 is 0 Å². The van der Waals surface area contributed by atoms with E-state index in [9.17, 15) is 9.59 Å². The Hall–Kier alpha value is -2.08. The summed E-state index contributed by atoms with van der Waals surface area (Å²) in [6, 6.07) is 6.53. The summed E-state index contributed by atoms with van der Waals surface area (Å²) in [5.41, 5.74) is 0.380. The fraction of sp³-hybridized carbons (Fsp3) is 0.429. The molecule has 0 aliphatic heterocycles. The zero-order valence-electron chi connectivity index (χ0n) is 11.3. The molecule has 0 heterocycles. The molecule has 1 unspecified atom stereocenters. The van der Waals surface area contributed by atoms with E-state index in [0.717, 1.165) is 12.8 Å². The number of nitrogens with one attached hydrogen (secondary N) is 1. The highest BCUT2D eigenvalue weighted by molar-refractivity contribution is 5.94. The Kier molecular flexibility index (Phi) is 6.52. The van der Waals surface area contributed by atoms with Crippen molar-refractivity contribution in [2.24, 2.45) is 0 Å². The summed E-state index contributed by atoms with van der Waals surface area (Å²) in [6.45, 7) is 2.37. The molecule has 1 aromatic carbocycles. The van der Waals surface area contributed by atoms with E-state index in [1.54, 1.807) is 24.3 Å². The zero-order chi connectivity index (χ0) is 15.0. The van der Waals surface area contributed by atoms with Crippen LogP contribution in [0.2, 0.25) is 0 Å². The number of aliphatic hydroxyl groups is 1. The van der Waals surface area contributed by atoms with Crippen LogP contribution < -0.4 is 10.1 Å². The molecule has 0 saturated heterocycles. The second-order valence-corrected chi connectivity index (χ2v) is 4.29. The van der Waals surface area contributed by atoms with Gasteiger partial charge in [0.15, 0.2) is 6.10 Å². The van der Waals surface area contributed by atoms with Crippen LogP contribution in [0.3, 0.4) is 0 Å². The summed E-state index contributed by atoms with van der Waals surface area (Å²) >= 11 is 0. The van der Waals surface area contributed by atoms with Crippen molar-refractivity contribution in [2.45, 2.75) is 25.9 Å². The summed E-state index contributed by atoms with van der Waals surface area (Å²) in [5.74, 6) is -1.13. The molecule has 20 heavy (non-hydrogen) atoms. The maximum atomic E-state index is 11.7. The smallest absolute Gasteiger partial charge is 0.334 e. The summed E-state index contributed by atoms with van der Waals surface area (Å²) in [5, 5.41) is 19.9. The van der Waals surface area contributed by atoms with E-state index in [2.05, 4.69) is 12.2 Å². The molecule has 0 radical (unpaired) electrons. The first-order valence-corrected chi connectivity index (χ1v) is 6.46. The Bertz CT molecular complexity index is 443. The maximum Gasteiger partial charge on any atom is 0.334 e. The van der Waals surface area contributed by atoms with Gasteiger partial charge in [0.1, 0.15) is 5.75 Å². The minimum atomic E-state index is -1.60. The number of hydrogen-bond acceptors (Lipinski definition) is 4. The molecule has 110 valence electrons. The van der Waals surface area contributed by atoms with Gasteiger partial charge in [0.25, 0.3) is 5.91 Å². The molecule has 0 fully saturated rings. The normalized spacial score (nSPS) is 11.7. The first-order chi connectivity index (χ1) is 9.54. The first kappa shape index (κ1) is 16.0. The van der Waals surface area contributed by atoms with Crippen molar-refractivity contribution in [3.8, 4) is 5.75 Å². The molecule has 0 saturated carbocycles. The summed E-state index contributed by atoms with van der Waals surface area (Å²) in [4.78, 5) is 22.1. The monoisotopic (exact) mass is 281 g/mol. The van der Waals surface area contributed by atoms with Gasteiger partial charge in [-0.05, 0) is 30.7 Å². The maximum absolute atomic E-state index is 11.7. The van der Waals surface area contributed by atoms with Gasteiger partial charge in [-0.3, -0.25) is 4.79 Å². The van der Waals surface area contributed by atoms with Gasteiger partial charge in [-0.2, -0.15) is 0 Å². The van der Waals surface area contributed by atoms with Gasteiger partial charge in [0.2, 0.25) is 0 Å². The molecule has 6 heteroatoms. The van der Waals surface area contributed by atoms with E-state index in [0.29, 0.717) is 17.9 Å². The Morgan fingerprint density at radius 3 is 2.50 bits per heavy atom. The molecule has 1 rings (SSSR count). The average molecular weight is 281 g/mol. The van der Waals surface area contributed by atoms with E-state index in [1.807, 2.05) is 0 Å². The highest BCUT2D eigenvalue weighted by atomic mass is 16.5. The first-order valence-electron chi connectivity index (χ1n) is 6.46. The number of unbranched alkanes of at least 4 members (excludes halogenated alkanes) is 1. The van der Waals surface area contributed by atoms with Gasteiger partial charge >= 0.3 is 5.97 Å². The van der Waals surface area contributed by atoms with Gasteiger partial charge in [-0.25, -0.2) is 4.79 Å². The van der Waals surface area contributed by atoms with Crippen LogP contribution in [0.25, 0.3) is 0 Å². The molecule has 1 amide bonds.